The van der Waals surface area contributed by atoms with Crippen molar-refractivity contribution in [3.05, 3.63) is 12.2 Å². The second-order valence-corrected chi connectivity index (χ2v) is 19.0. The molecule has 6 heteroatoms. The number of aliphatic hydroxyl groups is 2. The van der Waals surface area contributed by atoms with Gasteiger partial charge in [-0.1, -0.05) is 251 Å². The second-order valence-electron chi connectivity index (χ2n) is 19.0. The van der Waals surface area contributed by atoms with E-state index >= 15 is 0 Å². The summed E-state index contributed by atoms with van der Waals surface area (Å²) in [6, 6.07) is -0.698. The lowest BCUT2D eigenvalue weighted by atomic mass is 10.0. The first-order chi connectivity index (χ1) is 30.0. The van der Waals surface area contributed by atoms with Crippen LogP contribution in [0.1, 0.15) is 303 Å². The molecule has 0 aromatic rings. The van der Waals surface area contributed by atoms with Crippen molar-refractivity contribution in [2.24, 2.45) is 0 Å². The first kappa shape index (κ1) is 59.6. The number of rotatable bonds is 50. The quantitative estimate of drug-likeness (QED) is 0.0322. The van der Waals surface area contributed by atoms with Gasteiger partial charge in [-0.05, 0) is 51.4 Å². The predicted molar refractivity (Wildman–Crippen MR) is 264 cm³/mol. The van der Waals surface area contributed by atoms with E-state index < -0.39 is 18.2 Å². The van der Waals surface area contributed by atoms with Gasteiger partial charge in [-0.25, -0.2) is 0 Å². The molecule has 0 aliphatic carbocycles. The lowest BCUT2D eigenvalue weighted by Crippen LogP contribution is -2.46. The largest absolute Gasteiger partial charge is 0.462 e. The van der Waals surface area contributed by atoms with Crippen LogP contribution in [-0.4, -0.2) is 46.9 Å². The molecule has 3 unspecified atom stereocenters. The Morgan fingerprint density at radius 2 is 0.787 bits per heavy atom. The number of unbranched alkanes of at least 4 members (excludes halogenated alkanes) is 36. The fraction of sp³-hybridized carbons (Fsp3) is 0.927. The average molecular weight is 862 g/mol. The molecule has 1 amide bonds. The summed E-state index contributed by atoms with van der Waals surface area (Å²) in [5.41, 5.74) is 0. The summed E-state index contributed by atoms with van der Waals surface area (Å²) in [5.74, 6) is -0.465. The van der Waals surface area contributed by atoms with E-state index in [1.807, 2.05) is 0 Å². The van der Waals surface area contributed by atoms with Crippen molar-refractivity contribution in [3.63, 3.8) is 0 Å². The normalized spacial score (nSPS) is 13.2. The van der Waals surface area contributed by atoms with Crippen molar-refractivity contribution in [1.29, 1.82) is 0 Å². The summed E-state index contributed by atoms with van der Waals surface area (Å²) in [6.07, 6.45) is 55.6. The zero-order chi connectivity index (χ0) is 44.5. The fourth-order valence-electron chi connectivity index (χ4n) is 8.66. The summed E-state index contributed by atoms with van der Waals surface area (Å²) in [6.45, 7) is 6.50. The lowest BCUT2D eigenvalue weighted by Gasteiger charge is -2.24. The number of allylic oxidation sites excluding steroid dienone is 2. The number of aliphatic hydroxyl groups excluding tert-OH is 2. The number of nitrogens with one attached hydrogen (secondary N) is 1. The summed E-state index contributed by atoms with van der Waals surface area (Å²) < 4.78 is 5.93. The van der Waals surface area contributed by atoms with E-state index in [0.29, 0.717) is 19.3 Å². The molecule has 362 valence electrons. The maximum absolute atomic E-state index is 13.2. The zero-order valence-electron chi connectivity index (χ0n) is 41.3. The Morgan fingerprint density at radius 1 is 0.459 bits per heavy atom. The SMILES string of the molecule is CCCCCCCC/C=C/CCCCCCCC(CC(=O)NC(CO)C(O)CCCCCCCCCCCCCCCCCCC)OC(=O)CCCCCCCCCCCC. The van der Waals surface area contributed by atoms with E-state index in [1.54, 1.807) is 0 Å². The van der Waals surface area contributed by atoms with Crippen molar-refractivity contribution in [2.75, 3.05) is 6.61 Å². The van der Waals surface area contributed by atoms with Gasteiger partial charge >= 0.3 is 5.97 Å². The van der Waals surface area contributed by atoms with E-state index in [1.165, 1.54) is 199 Å². The number of esters is 1. The molecule has 6 nitrogen and oxygen atoms in total. The number of amides is 1. The number of carbonyl (C=O) groups excluding carboxylic acids is 2. The van der Waals surface area contributed by atoms with Crippen LogP contribution in [0, 0.1) is 0 Å². The van der Waals surface area contributed by atoms with E-state index in [-0.39, 0.29) is 24.9 Å². The van der Waals surface area contributed by atoms with Gasteiger partial charge in [-0.2, -0.15) is 0 Å². The van der Waals surface area contributed by atoms with Crippen LogP contribution in [0.15, 0.2) is 12.2 Å². The first-order valence-corrected chi connectivity index (χ1v) is 27.4. The molecule has 0 heterocycles. The number of ether oxygens (including phenoxy) is 1. The second kappa shape index (κ2) is 49.6. The zero-order valence-corrected chi connectivity index (χ0v) is 41.3. The molecule has 0 aromatic heterocycles. The van der Waals surface area contributed by atoms with Crippen LogP contribution >= 0.6 is 0 Å². The first-order valence-electron chi connectivity index (χ1n) is 27.4. The van der Waals surface area contributed by atoms with E-state index in [9.17, 15) is 19.8 Å². The Morgan fingerprint density at radius 3 is 1.16 bits per heavy atom. The molecule has 0 bridgehead atoms. The van der Waals surface area contributed by atoms with Gasteiger partial charge < -0.3 is 20.3 Å². The Hall–Kier alpha value is -1.40. The topological polar surface area (TPSA) is 95.9 Å². The van der Waals surface area contributed by atoms with Crippen LogP contribution in [0.3, 0.4) is 0 Å². The van der Waals surface area contributed by atoms with Crippen LogP contribution in [-0.2, 0) is 14.3 Å². The molecule has 3 N–H and O–H groups in total. The molecule has 0 rings (SSSR count). The molecule has 0 fully saturated rings. The fourth-order valence-corrected chi connectivity index (χ4v) is 8.66. The number of hydrogen-bond acceptors (Lipinski definition) is 5. The van der Waals surface area contributed by atoms with E-state index in [4.69, 9.17) is 4.74 Å². The molecule has 0 aliphatic heterocycles. The minimum Gasteiger partial charge on any atom is -0.462 e. The van der Waals surface area contributed by atoms with Crippen LogP contribution in [0.5, 0.6) is 0 Å². The Kier molecular flexibility index (Phi) is 48.5. The number of hydrogen-bond donors (Lipinski definition) is 3. The van der Waals surface area contributed by atoms with E-state index in [2.05, 4.69) is 38.2 Å². The monoisotopic (exact) mass is 862 g/mol. The average Bonchev–Trinajstić information content (AvgIpc) is 3.25. The van der Waals surface area contributed by atoms with Crippen LogP contribution in [0.2, 0.25) is 0 Å². The summed E-state index contributed by atoms with van der Waals surface area (Å²) in [7, 11) is 0. The van der Waals surface area contributed by atoms with Crippen molar-refractivity contribution >= 4 is 11.9 Å². The van der Waals surface area contributed by atoms with Gasteiger partial charge in [-0.3, -0.25) is 9.59 Å². The van der Waals surface area contributed by atoms with Gasteiger partial charge in [0.25, 0.3) is 0 Å². The van der Waals surface area contributed by atoms with Gasteiger partial charge in [0, 0.05) is 6.42 Å². The van der Waals surface area contributed by atoms with Gasteiger partial charge in [0.2, 0.25) is 5.91 Å². The lowest BCUT2D eigenvalue weighted by molar-refractivity contribution is -0.151. The minimum atomic E-state index is -0.784. The Bertz CT molecular complexity index is 924. The molecule has 0 radical (unpaired) electrons. The maximum Gasteiger partial charge on any atom is 0.306 e. The smallest absolute Gasteiger partial charge is 0.306 e. The number of carbonyl (C=O) groups is 2. The Labute approximate surface area is 380 Å². The van der Waals surface area contributed by atoms with Gasteiger partial charge in [0.1, 0.15) is 6.10 Å². The van der Waals surface area contributed by atoms with Crippen molar-refractivity contribution in [2.45, 2.75) is 322 Å². The van der Waals surface area contributed by atoms with E-state index in [0.717, 1.165) is 57.8 Å². The molecular weight excluding hydrogens is 755 g/mol. The maximum atomic E-state index is 13.2. The minimum absolute atomic E-state index is 0.0789. The molecule has 61 heavy (non-hydrogen) atoms. The molecular formula is C55H107NO5. The molecule has 3 atom stereocenters. The van der Waals surface area contributed by atoms with Crippen LogP contribution in [0.4, 0.5) is 0 Å². The van der Waals surface area contributed by atoms with Crippen molar-refractivity contribution in [1.82, 2.24) is 5.32 Å². The molecule has 0 saturated heterocycles. The van der Waals surface area contributed by atoms with Crippen molar-refractivity contribution < 1.29 is 24.5 Å². The predicted octanol–water partition coefficient (Wildman–Crippen LogP) is 16.5. The standard InChI is InChI=1S/C55H107NO5/c1-4-7-10-13-16-19-22-24-26-27-29-31-33-35-38-41-44-47-53(58)52(50-57)56-54(59)49-51(61-55(60)48-45-42-39-36-21-18-15-12-9-6-3)46-43-40-37-34-32-30-28-25-23-20-17-14-11-8-5-2/h25,28,51-53,57-58H,4-24,26-27,29-50H2,1-3H3,(H,56,59)/b28-25+. The van der Waals surface area contributed by atoms with Crippen LogP contribution < -0.4 is 5.32 Å². The third kappa shape index (κ3) is 45.0. The summed E-state index contributed by atoms with van der Waals surface area (Å²) in [5, 5.41) is 23.8. The third-order valence-electron chi connectivity index (χ3n) is 12.8. The highest BCUT2D eigenvalue weighted by molar-refractivity contribution is 5.77. The summed E-state index contributed by atoms with van der Waals surface area (Å²) in [4.78, 5) is 26.1. The molecule has 0 saturated carbocycles. The highest BCUT2D eigenvalue weighted by Crippen LogP contribution is 2.18. The van der Waals surface area contributed by atoms with Crippen molar-refractivity contribution in [3.8, 4) is 0 Å². The molecule has 0 aliphatic rings. The summed E-state index contributed by atoms with van der Waals surface area (Å²) >= 11 is 0. The Balaban J connectivity index is 4.46. The highest BCUT2D eigenvalue weighted by atomic mass is 16.5. The molecule has 0 spiro atoms. The third-order valence-corrected chi connectivity index (χ3v) is 12.8. The van der Waals surface area contributed by atoms with Gasteiger partial charge in [0.05, 0.1) is 25.2 Å². The van der Waals surface area contributed by atoms with Gasteiger partial charge in [0.15, 0.2) is 0 Å². The molecule has 0 aromatic carbocycles. The van der Waals surface area contributed by atoms with Gasteiger partial charge in [-0.15, -0.1) is 0 Å². The highest BCUT2D eigenvalue weighted by Gasteiger charge is 2.24. The van der Waals surface area contributed by atoms with Crippen LogP contribution in [0.25, 0.3) is 0 Å².